The van der Waals surface area contributed by atoms with Crippen molar-refractivity contribution in [2.45, 2.75) is 0 Å². The smallest absolute Gasteiger partial charge is 0.322 e. The predicted molar refractivity (Wildman–Crippen MR) is 89.7 cm³/mol. The first-order chi connectivity index (χ1) is 11.8. The third-order valence-electron chi connectivity index (χ3n) is 3.27. The van der Waals surface area contributed by atoms with E-state index in [0.29, 0.717) is 10.6 Å². The molecule has 0 aliphatic rings. The lowest BCUT2D eigenvalue weighted by molar-refractivity contribution is 0.102. The van der Waals surface area contributed by atoms with Gasteiger partial charge in [-0.3, -0.25) is 10.1 Å². The van der Waals surface area contributed by atoms with E-state index in [1.807, 2.05) is 36.4 Å². The Labute approximate surface area is 140 Å². The Bertz CT molecular complexity index is 958. The molecular formula is C17H11N3O3S. The zero-order valence-electron chi connectivity index (χ0n) is 12.3. The first-order valence-corrected chi connectivity index (χ1v) is 7.95. The second kappa shape index (κ2) is 6.13. The van der Waals surface area contributed by atoms with Crippen LogP contribution in [0.25, 0.3) is 22.1 Å². The predicted octanol–water partition coefficient (Wildman–Crippen LogP) is 4.31. The van der Waals surface area contributed by atoms with Gasteiger partial charge >= 0.3 is 6.01 Å². The summed E-state index contributed by atoms with van der Waals surface area (Å²) in [6, 6.07) is 17.0. The highest BCUT2D eigenvalue weighted by Gasteiger charge is 2.15. The minimum atomic E-state index is -0.295. The Balaban J connectivity index is 1.50. The maximum atomic E-state index is 12.3. The largest absolute Gasteiger partial charge is 0.459 e. The number of hydrogen-bond donors (Lipinski definition) is 1. The van der Waals surface area contributed by atoms with Crippen LogP contribution in [0, 0.1) is 0 Å². The van der Waals surface area contributed by atoms with Gasteiger partial charge in [-0.15, -0.1) is 16.4 Å². The highest BCUT2D eigenvalue weighted by Crippen LogP contribution is 2.28. The number of hydrogen-bond acceptors (Lipinski definition) is 6. The molecule has 0 spiro atoms. The Morgan fingerprint density at radius 1 is 1.00 bits per heavy atom. The van der Waals surface area contributed by atoms with E-state index >= 15 is 0 Å². The van der Waals surface area contributed by atoms with Gasteiger partial charge in [0.1, 0.15) is 0 Å². The highest BCUT2D eigenvalue weighted by atomic mass is 32.1. The van der Waals surface area contributed by atoms with Gasteiger partial charge in [0.05, 0.1) is 11.1 Å². The summed E-state index contributed by atoms with van der Waals surface area (Å²) < 4.78 is 10.5. The molecule has 6 nitrogen and oxygen atoms in total. The monoisotopic (exact) mass is 337 g/mol. The van der Waals surface area contributed by atoms with E-state index in [0.717, 1.165) is 10.4 Å². The molecule has 0 bridgehead atoms. The van der Waals surface area contributed by atoms with Crippen LogP contribution in [-0.4, -0.2) is 16.1 Å². The quantitative estimate of drug-likeness (QED) is 0.600. The van der Waals surface area contributed by atoms with Gasteiger partial charge in [0.2, 0.25) is 0 Å². The zero-order chi connectivity index (χ0) is 16.4. The molecule has 0 aliphatic carbocycles. The van der Waals surface area contributed by atoms with Crippen molar-refractivity contribution < 1.29 is 13.6 Å². The summed E-state index contributed by atoms with van der Waals surface area (Å²) in [5.41, 5.74) is 1.07. The van der Waals surface area contributed by atoms with Gasteiger partial charge in [-0.1, -0.05) is 35.4 Å². The summed E-state index contributed by atoms with van der Waals surface area (Å²) in [5, 5.41) is 10.2. The van der Waals surface area contributed by atoms with E-state index in [4.69, 9.17) is 8.83 Å². The van der Waals surface area contributed by atoms with Crippen molar-refractivity contribution in [2.75, 3.05) is 5.32 Å². The first-order valence-electron chi connectivity index (χ1n) is 7.13. The fourth-order valence-electron chi connectivity index (χ4n) is 2.15. The van der Waals surface area contributed by atoms with Gasteiger partial charge in [0.25, 0.3) is 11.8 Å². The van der Waals surface area contributed by atoms with E-state index in [1.54, 1.807) is 18.2 Å². The van der Waals surface area contributed by atoms with Crippen molar-refractivity contribution in [3.63, 3.8) is 0 Å². The van der Waals surface area contributed by atoms with Crippen LogP contribution >= 0.6 is 11.3 Å². The van der Waals surface area contributed by atoms with Crippen molar-refractivity contribution in [1.29, 1.82) is 0 Å². The van der Waals surface area contributed by atoms with Crippen LogP contribution in [0.2, 0.25) is 0 Å². The minimum Gasteiger partial charge on any atom is -0.459 e. The number of anilines is 1. The molecular weight excluding hydrogens is 326 g/mol. The lowest BCUT2D eigenvalue weighted by Crippen LogP contribution is -2.10. The van der Waals surface area contributed by atoms with Crippen LogP contribution in [0.15, 0.2) is 69.7 Å². The number of thiophene rings is 1. The van der Waals surface area contributed by atoms with Crippen LogP contribution in [0.5, 0.6) is 0 Å². The Hall–Kier alpha value is -3.19. The molecule has 118 valence electrons. The molecule has 1 aromatic carbocycles. The SMILES string of the molecule is O=C(Nc1nnc(-c2ccco2)o1)c1ccc(-c2ccccc2)s1. The van der Waals surface area contributed by atoms with Crippen LogP contribution in [-0.2, 0) is 0 Å². The van der Waals surface area contributed by atoms with E-state index < -0.39 is 0 Å². The molecule has 0 aliphatic heterocycles. The summed E-state index contributed by atoms with van der Waals surface area (Å²) >= 11 is 1.40. The van der Waals surface area contributed by atoms with Crippen molar-refractivity contribution in [1.82, 2.24) is 10.2 Å². The maximum absolute atomic E-state index is 12.3. The minimum absolute atomic E-state index is 0.0288. The van der Waals surface area contributed by atoms with Gasteiger partial charge in [-0.25, -0.2) is 0 Å². The van der Waals surface area contributed by atoms with Gasteiger partial charge in [0.15, 0.2) is 5.76 Å². The van der Waals surface area contributed by atoms with Crippen LogP contribution in [0.4, 0.5) is 6.01 Å². The van der Waals surface area contributed by atoms with Crippen LogP contribution in [0.1, 0.15) is 9.67 Å². The number of rotatable bonds is 4. The Morgan fingerprint density at radius 3 is 2.67 bits per heavy atom. The topological polar surface area (TPSA) is 81.2 Å². The van der Waals surface area contributed by atoms with Crippen molar-refractivity contribution in [2.24, 2.45) is 0 Å². The lowest BCUT2D eigenvalue weighted by atomic mass is 10.2. The second-order valence-corrected chi connectivity index (χ2v) is 5.96. The number of nitrogens with one attached hydrogen (secondary N) is 1. The molecule has 4 rings (SSSR count). The first kappa shape index (κ1) is 14.4. The van der Waals surface area contributed by atoms with E-state index in [1.165, 1.54) is 17.6 Å². The molecule has 0 fully saturated rings. The summed E-state index contributed by atoms with van der Waals surface area (Å²) in [4.78, 5) is 13.9. The number of furan rings is 1. The summed E-state index contributed by atoms with van der Waals surface area (Å²) in [5.74, 6) is 0.369. The van der Waals surface area contributed by atoms with Crippen LogP contribution in [0.3, 0.4) is 0 Å². The Morgan fingerprint density at radius 2 is 1.88 bits per heavy atom. The van der Waals surface area contributed by atoms with Crippen molar-refractivity contribution in [3.05, 3.63) is 65.7 Å². The third kappa shape index (κ3) is 2.84. The van der Waals surface area contributed by atoms with E-state index in [-0.39, 0.29) is 17.8 Å². The van der Waals surface area contributed by atoms with Gasteiger partial charge < -0.3 is 8.83 Å². The average molecular weight is 337 g/mol. The number of aromatic nitrogens is 2. The normalized spacial score (nSPS) is 10.7. The molecule has 0 saturated heterocycles. The van der Waals surface area contributed by atoms with Crippen molar-refractivity contribution in [3.8, 4) is 22.1 Å². The number of benzene rings is 1. The van der Waals surface area contributed by atoms with Gasteiger partial charge in [-0.05, 0) is 29.8 Å². The molecule has 0 radical (unpaired) electrons. The molecule has 1 N–H and O–H groups in total. The third-order valence-corrected chi connectivity index (χ3v) is 4.40. The number of carbonyl (C=O) groups is 1. The van der Waals surface area contributed by atoms with Gasteiger partial charge in [0, 0.05) is 4.88 Å². The zero-order valence-corrected chi connectivity index (χ0v) is 13.1. The molecule has 7 heteroatoms. The fraction of sp³-hybridized carbons (Fsp3) is 0. The summed E-state index contributed by atoms with van der Waals surface area (Å²) in [6.07, 6.45) is 1.51. The second-order valence-electron chi connectivity index (χ2n) is 4.87. The average Bonchev–Trinajstić information content (AvgIpc) is 3.36. The summed E-state index contributed by atoms with van der Waals surface area (Å²) in [7, 11) is 0. The molecule has 3 aromatic heterocycles. The highest BCUT2D eigenvalue weighted by molar-refractivity contribution is 7.17. The number of nitrogens with zero attached hydrogens (tertiary/aromatic N) is 2. The van der Waals surface area contributed by atoms with Crippen LogP contribution < -0.4 is 5.32 Å². The summed E-state index contributed by atoms with van der Waals surface area (Å²) in [6.45, 7) is 0. The molecule has 3 heterocycles. The van der Waals surface area contributed by atoms with E-state index in [2.05, 4.69) is 15.5 Å². The number of carbonyl (C=O) groups excluding carboxylic acids is 1. The lowest BCUT2D eigenvalue weighted by Gasteiger charge is -1.97. The molecule has 0 saturated carbocycles. The number of amides is 1. The standard InChI is InChI=1S/C17H11N3O3S/c21-15(14-9-8-13(24-14)11-5-2-1-3-6-11)18-17-20-19-16(23-17)12-7-4-10-22-12/h1-10H,(H,18,20,21). The maximum Gasteiger partial charge on any atom is 0.322 e. The fourth-order valence-corrected chi connectivity index (χ4v) is 3.06. The molecule has 24 heavy (non-hydrogen) atoms. The van der Waals surface area contributed by atoms with Gasteiger partial charge in [-0.2, -0.15) is 0 Å². The molecule has 1 amide bonds. The molecule has 4 aromatic rings. The Kier molecular flexibility index (Phi) is 3.68. The van der Waals surface area contributed by atoms with Crippen molar-refractivity contribution >= 4 is 23.3 Å². The van der Waals surface area contributed by atoms with E-state index in [9.17, 15) is 4.79 Å². The molecule has 0 atom stereocenters. The molecule has 0 unspecified atom stereocenters.